The zero-order valence-electron chi connectivity index (χ0n) is 19.1. The van der Waals surface area contributed by atoms with Crippen LogP contribution in [0.1, 0.15) is 31.7 Å². The summed E-state index contributed by atoms with van der Waals surface area (Å²) in [5, 5.41) is 6.99. The van der Waals surface area contributed by atoms with Crippen molar-refractivity contribution >= 4 is 27.8 Å². The Morgan fingerprint density at radius 2 is 1.79 bits per heavy atom. The molecule has 1 aliphatic carbocycles. The van der Waals surface area contributed by atoms with Crippen LogP contribution in [0.4, 0.5) is 5.82 Å². The molecule has 9 heteroatoms. The van der Waals surface area contributed by atoms with Gasteiger partial charge in [0.1, 0.15) is 5.82 Å². The van der Waals surface area contributed by atoms with Crippen LogP contribution in [0.15, 0.2) is 36.7 Å². The average Bonchev–Trinajstić information content (AvgIpc) is 3.64. The molecule has 0 radical (unpaired) electrons. The number of rotatable bonds is 3. The molecule has 1 saturated carbocycles. The van der Waals surface area contributed by atoms with E-state index in [2.05, 4.69) is 38.8 Å². The second kappa shape index (κ2) is 8.04. The fraction of sp³-hybridized carbons (Fsp3) is 0.480. The molecule has 0 bridgehead atoms. The van der Waals surface area contributed by atoms with Crippen molar-refractivity contribution in [3.05, 3.63) is 36.7 Å². The molecule has 3 aliphatic rings. The Balaban J connectivity index is 1.31. The molecule has 2 saturated heterocycles. The van der Waals surface area contributed by atoms with Crippen LogP contribution in [0.25, 0.3) is 33.3 Å². The lowest BCUT2D eigenvalue weighted by Crippen LogP contribution is -2.37. The van der Waals surface area contributed by atoms with Crippen LogP contribution in [0, 0.1) is 0 Å². The maximum atomic E-state index is 5.94. The normalized spacial score (nSPS) is 21.2. The number of H-pyrrole nitrogens is 1. The van der Waals surface area contributed by atoms with E-state index in [-0.39, 0.29) is 11.8 Å². The highest BCUT2D eigenvalue weighted by Gasteiger charge is 2.41. The number of fused-ring (bicyclic) bond motifs is 2. The molecule has 4 aromatic rings. The van der Waals surface area contributed by atoms with Gasteiger partial charge in [-0.05, 0) is 37.1 Å². The predicted molar refractivity (Wildman–Crippen MR) is 128 cm³/mol. The highest BCUT2D eigenvalue weighted by molar-refractivity contribution is 5.90. The van der Waals surface area contributed by atoms with Crippen molar-refractivity contribution in [3.8, 4) is 11.4 Å². The van der Waals surface area contributed by atoms with E-state index >= 15 is 0 Å². The minimum Gasteiger partial charge on any atom is -0.378 e. The van der Waals surface area contributed by atoms with Crippen molar-refractivity contribution < 1.29 is 14.2 Å². The summed E-state index contributed by atoms with van der Waals surface area (Å²) in [7, 11) is 0. The number of morpholine rings is 1. The SMILES string of the molecule is c1cc2cc(-c3nc(N4CCOCC4)c4cnn(C5CCC6(CC5)OCCO6)c4n3)ccc2[nH]1. The van der Waals surface area contributed by atoms with E-state index in [1.807, 2.05) is 12.4 Å². The molecule has 5 heterocycles. The Morgan fingerprint density at radius 1 is 0.971 bits per heavy atom. The van der Waals surface area contributed by atoms with Gasteiger partial charge in [0.05, 0.1) is 44.1 Å². The van der Waals surface area contributed by atoms with Gasteiger partial charge in [-0.1, -0.05) is 0 Å². The van der Waals surface area contributed by atoms with Crippen LogP contribution >= 0.6 is 0 Å². The Morgan fingerprint density at radius 3 is 2.62 bits per heavy atom. The lowest BCUT2D eigenvalue weighted by atomic mass is 9.90. The molecular formula is C25H28N6O3. The molecule has 7 rings (SSSR count). The Kier molecular flexibility index (Phi) is 4.82. The van der Waals surface area contributed by atoms with Gasteiger partial charge in [0.15, 0.2) is 17.3 Å². The van der Waals surface area contributed by atoms with Crippen LogP contribution < -0.4 is 4.90 Å². The van der Waals surface area contributed by atoms with E-state index in [4.69, 9.17) is 29.3 Å². The number of hydrogen-bond donors (Lipinski definition) is 1. The van der Waals surface area contributed by atoms with Gasteiger partial charge >= 0.3 is 0 Å². The maximum Gasteiger partial charge on any atom is 0.168 e. The Bertz CT molecular complexity index is 1330. The number of nitrogens with one attached hydrogen (secondary N) is 1. The maximum absolute atomic E-state index is 5.94. The molecule has 0 amide bonds. The molecule has 1 N–H and O–H groups in total. The molecule has 0 unspecified atom stereocenters. The first-order valence-corrected chi connectivity index (χ1v) is 12.2. The fourth-order valence-corrected chi connectivity index (χ4v) is 5.59. The van der Waals surface area contributed by atoms with Crippen molar-refractivity contribution in [2.24, 2.45) is 0 Å². The third-order valence-electron chi connectivity index (χ3n) is 7.43. The summed E-state index contributed by atoms with van der Waals surface area (Å²) in [6, 6.07) is 8.67. The zero-order valence-corrected chi connectivity index (χ0v) is 19.1. The summed E-state index contributed by atoms with van der Waals surface area (Å²) in [5.41, 5.74) is 3.01. The first kappa shape index (κ1) is 20.4. The van der Waals surface area contributed by atoms with Gasteiger partial charge in [0.25, 0.3) is 0 Å². The summed E-state index contributed by atoms with van der Waals surface area (Å²) in [6.07, 6.45) is 7.58. The number of anilines is 1. The molecule has 176 valence electrons. The van der Waals surface area contributed by atoms with E-state index in [0.717, 1.165) is 77.9 Å². The van der Waals surface area contributed by atoms with Crippen LogP contribution in [0.3, 0.4) is 0 Å². The smallest absolute Gasteiger partial charge is 0.168 e. The van der Waals surface area contributed by atoms with E-state index in [0.29, 0.717) is 26.4 Å². The number of aromatic nitrogens is 5. The molecule has 34 heavy (non-hydrogen) atoms. The topological polar surface area (TPSA) is 90.3 Å². The zero-order chi connectivity index (χ0) is 22.5. The number of benzene rings is 1. The second-order valence-corrected chi connectivity index (χ2v) is 9.42. The number of aromatic amines is 1. The molecular weight excluding hydrogens is 432 g/mol. The van der Waals surface area contributed by atoms with Crippen molar-refractivity contribution in [2.75, 3.05) is 44.4 Å². The van der Waals surface area contributed by atoms with Crippen molar-refractivity contribution in [1.82, 2.24) is 24.7 Å². The highest BCUT2D eigenvalue weighted by Crippen LogP contribution is 2.41. The number of nitrogens with zero attached hydrogens (tertiary/aromatic N) is 5. The van der Waals surface area contributed by atoms with Gasteiger partial charge < -0.3 is 24.1 Å². The van der Waals surface area contributed by atoms with Gasteiger partial charge in [-0.15, -0.1) is 0 Å². The second-order valence-electron chi connectivity index (χ2n) is 9.42. The fourth-order valence-electron chi connectivity index (χ4n) is 5.59. The summed E-state index contributed by atoms with van der Waals surface area (Å²) in [4.78, 5) is 15.7. The molecule has 3 fully saturated rings. The lowest BCUT2D eigenvalue weighted by Gasteiger charge is -2.35. The number of ether oxygens (including phenoxy) is 3. The summed E-state index contributed by atoms with van der Waals surface area (Å²) >= 11 is 0. The average molecular weight is 461 g/mol. The van der Waals surface area contributed by atoms with Gasteiger partial charge in [0.2, 0.25) is 0 Å². The van der Waals surface area contributed by atoms with Crippen LogP contribution in [0.5, 0.6) is 0 Å². The predicted octanol–water partition coefficient (Wildman–Crippen LogP) is 3.67. The quantitative estimate of drug-likeness (QED) is 0.499. The minimum atomic E-state index is -0.384. The molecule has 0 atom stereocenters. The highest BCUT2D eigenvalue weighted by atomic mass is 16.7. The van der Waals surface area contributed by atoms with Crippen LogP contribution in [0.2, 0.25) is 0 Å². The van der Waals surface area contributed by atoms with E-state index in [1.54, 1.807) is 0 Å². The van der Waals surface area contributed by atoms with Gasteiger partial charge in [-0.2, -0.15) is 5.10 Å². The minimum absolute atomic E-state index is 0.267. The number of hydrogen-bond acceptors (Lipinski definition) is 7. The van der Waals surface area contributed by atoms with Crippen molar-refractivity contribution in [1.29, 1.82) is 0 Å². The van der Waals surface area contributed by atoms with E-state index < -0.39 is 0 Å². The van der Waals surface area contributed by atoms with Crippen LogP contribution in [-0.2, 0) is 14.2 Å². The molecule has 2 aliphatic heterocycles. The summed E-state index contributed by atoms with van der Waals surface area (Å²) in [6.45, 7) is 4.42. The molecule has 3 aromatic heterocycles. The standard InChI is InChI=1S/C25H28N6O3/c1-2-21-17(5-8-26-21)15-18(1)22-28-23(30-9-11-32-12-10-30)20-16-27-31(24(20)29-22)19-3-6-25(7-4-19)33-13-14-34-25/h1-2,5,8,15-16,19,26H,3-4,6-7,9-14H2. The monoisotopic (exact) mass is 460 g/mol. The van der Waals surface area contributed by atoms with Gasteiger partial charge in [0, 0.05) is 48.6 Å². The summed E-state index contributed by atoms with van der Waals surface area (Å²) in [5.74, 6) is 1.29. The first-order valence-electron chi connectivity index (χ1n) is 12.2. The Labute approximate surface area is 197 Å². The first-order chi connectivity index (χ1) is 16.8. The third kappa shape index (κ3) is 3.38. The third-order valence-corrected chi connectivity index (χ3v) is 7.43. The van der Waals surface area contributed by atoms with E-state index in [9.17, 15) is 0 Å². The molecule has 9 nitrogen and oxygen atoms in total. The van der Waals surface area contributed by atoms with Crippen molar-refractivity contribution in [3.63, 3.8) is 0 Å². The van der Waals surface area contributed by atoms with Gasteiger partial charge in [-0.3, -0.25) is 0 Å². The lowest BCUT2D eigenvalue weighted by molar-refractivity contribution is -0.181. The summed E-state index contributed by atoms with van der Waals surface area (Å²) < 4.78 is 19.6. The van der Waals surface area contributed by atoms with Crippen LogP contribution in [-0.4, -0.2) is 70.0 Å². The molecule has 1 aromatic carbocycles. The van der Waals surface area contributed by atoms with E-state index in [1.165, 1.54) is 0 Å². The largest absolute Gasteiger partial charge is 0.378 e. The van der Waals surface area contributed by atoms with Crippen molar-refractivity contribution in [2.45, 2.75) is 37.5 Å². The molecule has 1 spiro atoms. The van der Waals surface area contributed by atoms with Gasteiger partial charge in [-0.25, -0.2) is 14.6 Å². The Hall–Kier alpha value is -3.01.